The van der Waals surface area contributed by atoms with Crippen molar-refractivity contribution in [2.24, 2.45) is 0 Å². The quantitative estimate of drug-likeness (QED) is 0.737. The van der Waals surface area contributed by atoms with Crippen LogP contribution in [-0.2, 0) is 20.9 Å². The number of nitrogens with zero attached hydrogens (tertiary/aromatic N) is 3. The second-order valence-electron chi connectivity index (χ2n) is 8.62. The molecular weight excluding hydrogens is 416 g/mol. The van der Waals surface area contributed by atoms with Crippen molar-refractivity contribution >= 4 is 29.3 Å². The molecule has 5 rings (SSSR count). The molecule has 1 N–H and O–H groups in total. The lowest BCUT2D eigenvalue weighted by Gasteiger charge is -2.32. The van der Waals surface area contributed by atoms with Crippen molar-refractivity contribution in [3.05, 3.63) is 71.4 Å². The average Bonchev–Trinajstić information content (AvgIpc) is 3.18. The second kappa shape index (κ2) is 9.68. The average molecular weight is 445 g/mol. The fourth-order valence-electron chi connectivity index (χ4n) is 4.61. The monoisotopic (exact) mass is 444 g/mol. The van der Waals surface area contributed by atoms with Crippen molar-refractivity contribution in [2.45, 2.75) is 25.4 Å². The number of carbonyl (C=O) groups excluding carboxylic acids is 2. The Balaban J connectivity index is 1.24. The Morgan fingerprint density at radius 3 is 2.94 bits per heavy atom. The van der Waals surface area contributed by atoms with Crippen LogP contribution in [0.2, 0.25) is 0 Å². The number of hydrogen-bond acceptors (Lipinski definition) is 5. The lowest BCUT2D eigenvalue weighted by atomic mass is 10.0. The van der Waals surface area contributed by atoms with Gasteiger partial charge in [-0.3, -0.25) is 14.5 Å². The van der Waals surface area contributed by atoms with Gasteiger partial charge in [-0.25, -0.2) is 4.98 Å². The third-order valence-corrected chi connectivity index (χ3v) is 6.46. The Bertz CT molecular complexity index is 1100. The number of carbonyl (C=O) groups is 2. The summed E-state index contributed by atoms with van der Waals surface area (Å²) in [5, 5.41) is 2.91. The summed E-state index contributed by atoms with van der Waals surface area (Å²) in [5.74, 6) is 0.517. The number of nitrogens with one attached hydrogen (secondary N) is 1. The molecule has 7 heteroatoms. The molecule has 33 heavy (non-hydrogen) atoms. The van der Waals surface area contributed by atoms with Crippen molar-refractivity contribution in [2.75, 3.05) is 38.2 Å². The molecule has 0 aliphatic carbocycles. The number of rotatable bonds is 3. The molecule has 2 aromatic rings. The summed E-state index contributed by atoms with van der Waals surface area (Å²) in [6.07, 6.45) is 9.09. The van der Waals surface area contributed by atoms with Gasteiger partial charge in [0.15, 0.2) is 0 Å². The first-order valence-electron chi connectivity index (χ1n) is 11.5. The summed E-state index contributed by atoms with van der Waals surface area (Å²) in [6, 6.07) is 12.1. The van der Waals surface area contributed by atoms with Gasteiger partial charge in [-0.2, -0.15) is 0 Å². The van der Waals surface area contributed by atoms with Crippen LogP contribution >= 0.6 is 0 Å². The van der Waals surface area contributed by atoms with Crippen molar-refractivity contribution < 1.29 is 14.3 Å². The molecule has 1 saturated heterocycles. The second-order valence-corrected chi connectivity index (χ2v) is 8.62. The first-order valence-corrected chi connectivity index (χ1v) is 11.5. The number of fused-ring (bicyclic) bond motifs is 2. The standard InChI is InChI=1S/C26H28N4O3/c31-24(29-11-4-7-21(10-12-29)20-5-2-1-3-6-20)9-8-19-15-22-17-30-13-14-33-18-23(30)26(32)28-25(22)27-16-19/h1-3,5-9,15-16,23H,4,10-14,17-18H2,(H,27,28,32)/b9-8+. The van der Waals surface area contributed by atoms with Gasteiger partial charge in [-0.15, -0.1) is 0 Å². The Morgan fingerprint density at radius 1 is 1.18 bits per heavy atom. The van der Waals surface area contributed by atoms with E-state index in [0.29, 0.717) is 45.2 Å². The summed E-state index contributed by atoms with van der Waals surface area (Å²) >= 11 is 0. The van der Waals surface area contributed by atoms with E-state index in [4.69, 9.17) is 4.74 Å². The van der Waals surface area contributed by atoms with Crippen LogP contribution in [0.15, 0.2) is 54.7 Å². The molecule has 0 saturated carbocycles. The van der Waals surface area contributed by atoms with Crippen LogP contribution in [0.25, 0.3) is 11.6 Å². The summed E-state index contributed by atoms with van der Waals surface area (Å²) in [4.78, 5) is 33.8. The molecule has 2 amide bonds. The van der Waals surface area contributed by atoms with E-state index in [1.807, 2.05) is 35.2 Å². The zero-order valence-electron chi connectivity index (χ0n) is 18.6. The smallest absolute Gasteiger partial charge is 0.246 e. The van der Waals surface area contributed by atoms with Crippen molar-refractivity contribution in [3.8, 4) is 0 Å². The molecule has 4 heterocycles. The number of benzene rings is 1. The van der Waals surface area contributed by atoms with Crippen molar-refractivity contribution in [3.63, 3.8) is 0 Å². The number of ether oxygens (including phenoxy) is 1. The minimum atomic E-state index is -0.286. The zero-order valence-corrected chi connectivity index (χ0v) is 18.6. The molecule has 0 bridgehead atoms. The number of morpholine rings is 1. The van der Waals surface area contributed by atoms with Gasteiger partial charge in [-0.1, -0.05) is 36.4 Å². The van der Waals surface area contributed by atoms with E-state index in [2.05, 4.69) is 33.4 Å². The molecule has 1 fully saturated rings. The van der Waals surface area contributed by atoms with Crippen LogP contribution < -0.4 is 5.32 Å². The van der Waals surface area contributed by atoms with Gasteiger partial charge < -0.3 is 15.0 Å². The van der Waals surface area contributed by atoms with E-state index in [-0.39, 0.29) is 17.9 Å². The topological polar surface area (TPSA) is 74.8 Å². The molecule has 3 aliphatic rings. The highest BCUT2D eigenvalue weighted by Gasteiger charge is 2.33. The van der Waals surface area contributed by atoms with Crippen LogP contribution in [0.5, 0.6) is 0 Å². The van der Waals surface area contributed by atoms with Crippen LogP contribution in [0.1, 0.15) is 29.5 Å². The summed E-state index contributed by atoms with van der Waals surface area (Å²) in [6.45, 7) is 3.78. The molecule has 1 aromatic carbocycles. The molecular formula is C26H28N4O3. The highest BCUT2D eigenvalue weighted by Crippen LogP contribution is 2.25. The zero-order chi connectivity index (χ0) is 22.6. The van der Waals surface area contributed by atoms with Gasteiger partial charge in [-0.05, 0) is 41.7 Å². The van der Waals surface area contributed by atoms with E-state index in [1.54, 1.807) is 12.3 Å². The molecule has 7 nitrogen and oxygen atoms in total. The third kappa shape index (κ3) is 4.89. The van der Waals surface area contributed by atoms with Gasteiger partial charge in [0.2, 0.25) is 11.8 Å². The van der Waals surface area contributed by atoms with Gasteiger partial charge >= 0.3 is 0 Å². The normalized spacial score (nSPS) is 21.5. The Morgan fingerprint density at radius 2 is 2.06 bits per heavy atom. The largest absolute Gasteiger partial charge is 0.378 e. The maximum Gasteiger partial charge on any atom is 0.246 e. The molecule has 3 aliphatic heterocycles. The lowest BCUT2D eigenvalue weighted by Crippen LogP contribution is -2.49. The first kappa shape index (κ1) is 21.6. The Labute approximate surface area is 193 Å². The fraction of sp³-hybridized carbons (Fsp3) is 0.346. The van der Waals surface area contributed by atoms with E-state index in [1.165, 1.54) is 11.1 Å². The van der Waals surface area contributed by atoms with Crippen molar-refractivity contribution in [1.29, 1.82) is 0 Å². The van der Waals surface area contributed by atoms with Crippen LogP contribution in [0, 0.1) is 0 Å². The highest BCUT2D eigenvalue weighted by atomic mass is 16.5. The fourth-order valence-corrected chi connectivity index (χ4v) is 4.61. The predicted molar refractivity (Wildman–Crippen MR) is 127 cm³/mol. The SMILES string of the molecule is O=C1Nc2ncc(/C=C/C(=O)N3CCC=C(c4ccccc4)CC3)cc2CN2CCOCC12. The maximum absolute atomic E-state index is 12.9. The highest BCUT2D eigenvalue weighted by molar-refractivity contribution is 5.96. The number of aromatic nitrogens is 1. The Hall–Kier alpha value is -3.29. The van der Waals surface area contributed by atoms with E-state index in [0.717, 1.165) is 24.0 Å². The Kier molecular flexibility index (Phi) is 6.32. The molecule has 0 spiro atoms. The van der Waals surface area contributed by atoms with Crippen LogP contribution in [-0.4, -0.2) is 65.5 Å². The van der Waals surface area contributed by atoms with Crippen molar-refractivity contribution in [1.82, 2.24) is 14.8 Å². The number of hydrogen-bond donors (Lipinski definition) is 1. The summed E-state index contributed by atoms with van der Waals surface area (Å²) in [5.41, 5.74) is 4.33. The molecule has 0 radical (unpaired) electrons. The predicted octanol–water partition coefficient (Wildman–Crippen LogP) is 2.95. The van der Waals surface area contributed by atoms with Crippen LogP contribution in [0.4, 0.5) is 5.82 Å². The third-order valence-electron chi connectivity index (χ3n) is 6.46. The van der Waals surface area contributed by atoms with E-state index >= 15 is 0 Å². The summed E-state index contributed by atoms with van der Waals surface area (Å²) in [7, 11) is 0. The first-order chi connectivity index (χ1) is 16.2. The minimum Gasteiger partial charge on any atom is -0.378 e. The van der Waals surface area contributed by atoms with Gasteiger partial charge in [0, 0.05) is 44.0 Å². The van der Waals surface area contributed by atoms with Gasteiger partial charge in [0.05, 0.1) is 13.2 Å². The minimum absolute atomic E-state index is 0.00852. The van der Waals surface area contributed by atoms with Gasteiger partial charge in [0.25, 0.3) is 0 Å². The van der Waals surface area contributed by atoms with E-state index in [9.17, 15) is 9.59 Å². The maximum atomic E-state index is 12.9. The summed E-state index contributed by atoms with van der Waals surface area (Å²) < 4.78 is 5.47. The molecule has 1 aromatic heterocycles. The van der Waals surface area contributed by atoms with Gasteiger partial charge in [0.1, 0.15) is 11.9 Å². The number of amides is 2. The molecule has 1 atom stereocenters. The van der Waals surface area contributed by atoms with E-state index < -0.39 is 0 Å². The van der Waals surface area contributed by atoms with Crippen LogP contribution in [0.3, 0.4) is 0 Å². The molecule has 170 valence electrons. The number of anilines is 1. The number of pyridine rings is 1. The lowest BCUT2D eigenvalue weighted by molar-refractivity contribution is -0.127. The molecule has 1 unspecified atom stereocenters.